The van der Waals surface area contributed by atoms with E-state index < -0.39 is 12.1 Å². The molecule has 2 unspecified atom stereocenters. The van der Waals surface area contributed by atoms with Gasteiger partial charge in [-0.15, -0.1) is 0 Å². The lowest BCUT2D eigenvalue weighted by Crippen LogP contribution is -2.45. The van der Waals surface area contributed by atoms with E-state index in [-0.39, 0.29) is 18.5 Å². The topological polar surface area (TPSA) is 95.9 Å². The highest BCUT2D eigenvalue weighted by Crippen LogP contribution is 2.18. The normalized spacial score (nSPS) is 12.7. The molecule has 0 saturated carbocycles. The molecule has 6 heteroatoms. The van der Waals surface area contributed by atoms with Crippen LogP contribution in [-0.4, -0.2) is 47.4 Å². The van der Waals surface area contributed by atoms with Crippen molar-refractivity contribution in [3.63, 3.8) is 0 Å². The summed E-state index contributed by atoms with van der Waals surface area (Å²) in [5.74, 6) is -0.0190. The Bertz CT molecular complexity index is 1280. The summed E-state index contributed by atoms with van der Waals surface area (Å²) in [5, 5.41) is 23.2. The van der Waals surface area contributed by atoms with Crippen molar-refractivity contribution in [1.82, 2.24) is 5.32 Å². The first-order valence-electron chi connectivity index (χ1n) is 35.7. The molecule has 79 heavy (non-hydrogen) atoms. The van der Waals surface area contributed by atoms with Crippen molar-refractivity contribution < 1.29 is 24.5 Å². The third-order valence-electron chi connectivity index (χ3n) is 16.7. The smallest absolute Gasteiger partial charge is 0.305 e. The summed E-state index contributed by atoms with van der Waals surface area (Å²) in [7, 11) is 0. The van der Waals surface area contributed by atoms with Gasteiger partial charge in [0.25, 0.3) is 0 Å². The molecule has 0 aliphatic heterocycles. The Hall–Kier alpha value is -1.92. The molecule has 0 rings (SSSR count). The Kier molecular flexibility index (Phi) is 66.9. The molecule has 0 spiro atoms. The largest absolute Gasteiger partial charge is 0.466 e. The number of aliphatic hydroxyl groups excluding tert-OH is 2. The third-order valence-corrected chi connectivity index (χ3v) is 16.7. The zero-order valence-corrected chi connectivity index (χ0v) is 53.4. The number of amides is 1. The third kappa shape index (κ3) is 65.1. The molecule has 0 bridgehead atoms. The van der Waals surface area contributed by atoms with E-state index in [0.717, 1.165) is 51.4 Å². The lowest BCUT2D eigenvalue weighted by atomic mass is 10.0. The van der Waals surface area contributed by atoms with Crippen LogP contribution in [0.1, 0.15) is 393 Å². The predicted octanol–water partition coefficient (Wildman–Crippen LogP) is 23.1. The Labute approximate surface area is 494 Å². The highest BCUT2D eigenvalue weighted by molar-refractivity contribution is 5.76. The highest BCUT2D eigenvalue weighted by atomic mass is 16.5. The Morgan fingerprint density at radius 1 is 0.354 bits per heavy atom. The molecule has 0 aromatic heterocycles. The van der Waals surface area contributed by atoms with Gasteiger partial charge < -0.3 is 20.3 Å². The maximum atomic E-state index is 12.4. The van der Waals surface area contributed by atoms with Gasteiger partial charge in [-0.1, -0.05) is 333 Å². The summed E-state index contributed by atoms with van der Waals surface area (Å²) in [6, 6.07) is -0.538. The summed E-state index contributed by atoms with van der Waals surface area (Å²) >= 11 is 0. The van der Waals surface area contributed by atoms with Gasteiger partial charge in [-0.3, -0.25) is 9.59 Å². The number of carbonyl (C=O) groups excluding carboxylic acids is 2. The number of aliphatic hydroxyl groups is 2. The minimum absolute atomic E-state index is 0.0138. The van der Waals surface area contributed by atoms with E-state index in [1.54, 1.807) is 0 Å². The molecule has 1 amide bonds. The number of hydrogen-bond donors (Lipinski definition) is 3. The van der Waals surface area contributed by atoms with Crippen molar-refractivity contribution in [2.45, 2.75) is 405 Å². The van der Waals surface area contributed by atoms with Gasteiger partial charge in [-0.2, -0.15) is 0 Å². The maximum absolute atomic E-state index is 12.4. The van der Waals surface area contributed by atoms with Crippen molar-refractivity contribution >= 4 is 11.9 Å². The molecule has 0 aromatic rings. The van der Waals surface area contributed by atoms with Crippen molar-refractivity contribution in [3.05, 3.63) is 36.5 Å². The molecule has 2 atom stereocenters. The van der Waals surface area contributed by atoms with Crippen molar-refractivity contribution in [1.29, 1.82) is 0 Å². The first kappa shape index (κ1) is 77.1. The van der Waals surface area contributed by atoms with Gasteiger partial charge >= 0.3 is 5.97 Å². The number of unbranched alkanes of at least 4 members (excludes halogenated alkanes) is 50. The van der Waals surface area contributed by atoms with Crippen LogP contribution >= 0.6 is 0 Å². The number of esters is 1. The molecule has 0 fully saturated rings. The average Bonchev–Trinajstić information content (AvgIpc) is 3.45. The number of ether oxygens (including phenoxy) is 1. The average molecular weight is 1110 g/mol. The Balaban J connectivity index is 3.34. The quantitative estimate of drug-likeness (QED) is 0.0320. The molecule has 0 aromatic carbocycles. The van der Waals surface area contributed by atoms with Crippen LogP contribution in [-0.2, 0) is 14.3 Å². The first-order chi connectivity index (χ1) is 39.0. The van der Waals surface area contributed by atoms with Gasteiger partial charge in [-0.05, 0) is 83.5 Å². The number of nitrogens with one attached hydrogen (secondary N) is 1. The van der Waals surface area contributed by atoms with E-state index in [2.05, 4.69) is 55.6 Å². The minimum atomic E-state index is -0.661. The summed E-state index contributed by atoms with van der Waals surface area (Å²) in [6.07, 6.45) is 87.9. The second-order valence-electron chi connectivity index (χ2n) is 24.6. The van der Waals surface area contributed by atoms with E-state index in [0.29, 0.717) is 25.9 Å². The molecule has 0 aliphatic carbocycles. The zero-order chi connectivity index (χ0) is 57.1. The number of hydrogen-bond acceptors (Lipinski definition) is 5. The van der Waals surface area contributed by atoms with Gasteiger partial charge in [0.15, 0.2) is 0 Å². The molecule has 3 N–H and O–H groups in total. The van der Waals surface area contributed by atoms with Crippen molar-refractivity contribution in [2.24, 2.45) is 0 Å². The van der Waals surface area contributed by atoms with Crippen molar-refractivity contribution in [3.8, 4) is 0 Å². The molecular weight excluding hydrogens is 971 g/mol. The van der Waals surface area contributed by atoms with Crippen LogP contribution in [0, 0.1) is 0 Å². The predicted molar refractivity (Wildman–Crippen MR) is 347 cm³/mol. The van der Waals surface area contributed by atoms with Gasteiger partial charge in [0.1, 0.15) is 0 Å². The van der Waals surface area contributed by atoms with Crippen LogP contribution in [0.2, 0.25) is 0 Å². The molecule has 466 valence electrons. The van der Waals surface area contributed by atoms with E-state index in [9.17, 15) is 19.8 Å². The molecule has 0 radical (unpaired) electrons. The standard InChI is InChI=1S/C73H139NO5/c1-3-5-7-9-11-13-15-16-17-37-41-44-47-51-55-59-63-67-73(78)79-68-64-60-56-52-48-45-42-39-36-34-32-30-28-26-24-22-20-18-19-21-23-25-27-29-31-33-35-38-40-43-46-50-54-58-62-66-72(77)74-70(69-75)71(76)65-61-57-53-49-14-12-10-8-6-4-2/h16-17,20,22,26,28,70-71,75-76H,3-15,18-19,21,23-25,27,29-69H2,1-2H3,(H,74,77)/b17-16-,22-20-,28-26-. The van der Waals surface area contributed by atoms with Crippen molar-refractivity contribution in [2.75, 3.05) is 13.2 Å². The Morgan fingerprint density at radius 2 is 0.633 bits per heavy atom. The van der Waals surface area contributed by atoms with E-state index in [4.69, 9.17) is 4.74 Å². The van der Waals surface area contributed by atoms with Crippen LogP contribution in [0.15, 0.2) is 36.5 Å². The summed E-state index contributed by atoms with van der Waals surface area (Å²) < 4.78 is 5.50. The minimum Gasteiger partial charge on any atom is -0.466 e. The fourth-order valence-corrected chi connectivity index (χ4v) is 11.2. The van der Waals surface area contributed by atoms with Gasteiger partial charge in [0, 0.05) is 12.8 Å². The van der Waals surface area contributed by atoms with Gasteiger partial charge in [-0.25, -0.2) is 0 Å². The van der Waals surface area contributed by atoms with Crippen LogP contribution in [0.4, 0.5) is 0 Å². The highest BCUT2D eigenvalue weighted by Gasteiger charge is 2.20. The lowest BCUT2D eigenvalue weighted by Gasteiger charge is -2.22. The monoisotopic (exact) mass is 1110 g/mol. The van der Waals surface area contributed by atoms with E-state index >= 15 is 0 Å². The summed E-state index contributed by atoms with van der Waals surface area (Å²) in [4.78, 5) is 24.5. The second-order valence-corrected chi connectivity index (χ2v) is 24.6. The second kappa shape index (κ2) is 68.6. The van der Waals surface area contributed by atoms with Crippen LogP contribution in [0.5, 0.6) is 0 Å². The lowest BCUT2D eigenvalue weighted by molar-refractivity contribution is -0.143. The number of allylic oxidation sites excluding steroid dienone is 6. The summed E-state index contributed by atoms with van der Waals surface area (Å²) in [6.45, 7) is 4.96. The molecule has 0 heterocycles. The fraction of sp³-hybridized carbons (Fsp3) is 0.890. The SMILES string of the molecule is CCCCCCCC/C=C\CCCCCCCCCC(=O)OCCCCCCCCCCCCC/C=C\C/C=C\CCCCCCCCCCCCCCCCCCCC(=O)NC(CO)C(O)CCCCCCCCCCCC. The fourth-order valence-electron chi connectivity index (χ4n) is 11.2. The molecule has 0 aliphatic rings. The van der Waals surface area contributed by atoms with Crippen LogP contribution in [0.25, 0.3) is 0 Å². The van der Waals surface area contributed by atoms with Crippen LogP contribution in [0.3, 0.4) is 0 Å². The Morgan fingerprint density at radius 3 is 0.975 bits per heavy atom. The van der Waals surface area contributed by atoms with Gasteiger partial charge in [0.2, 0.25) is 5.91 Å². The molecule has 6 nitrogen and oxygen atoms in total. The maximum Gasteiger partial charge on any atom is 0.305 e. The van der Waals surface area contributed by atoms with Gasteiger partial charge in [0.05, 0.1) is 25.4 Å². The van der Waals surface area contributed by atoms with Crippen LogP contribution < -0.4 is 5.32 Å². The van der Waals surface area contributed by atoms with E-state index in [1.807, 2.05) is 0 Å². The number of carbonyl (C=O) groups is 2. The van der Waals surface area contributed by atoms with E-state index in [1.165, 1.54) is 308 Å². The number of rotatable bonds is 67. The zero-order valence-electron chi connectivity index (χ0n) is 53.4. The summed E-state index contributed by atoms with van der Waals surface area (Å²) in [5.41, 5.74) is 0. The molecular formula is C73H139NO5. The first-order valence-corrected chi connectivity index (χ1v) is 35.7. The molecule has 0 saturated heterocycles.